The van der Waals surface area contributed by atoms with Crippen molar-refractivity contribution in [3.8, 4) is 11.1 Å². The van der Waals surface area contributed by atoms with Crippen LogP contribution in [0, 0.1) is 0 Å². The maximum atomic E-state index is 12.5. The minimum absolute atomic E-state index is 0.115. The van der Waals surface area contributed by atoms with Crippen LogP contribution in [0.4, 0.5) is 10.6 Å². The van der Waals surface area contributed by atoms with Gasteiger partial charge >= 0.3 is 6.09 Å². The van der Waals surface area contributed by atoms with Gasteiger partial charge in [0.05, 0.1) is 0 Å². The molecule has 1 saturated heterocycles. The van der Waals surface area contributed by atoms with Crippen LogP contribution in [-0.2, 0) is 16.1 Å². The molecule has 0 atom stereocenters. The van der Waals surface area contributed by atoms with Gasteiger partial charge in [0.2, 0.25) is 5.91 Å². The summed E-state index contributed by atoms with van der Waals surface area (Å²) < 4.78 is 5.19. The average molecular weight is 516 g/mol. The Kier molecular flexibility index (Phi) is 8.61. The molecule has 1 aliphatic rings. The number of nitrogens with one attached hydrogen (secondary N) is 1. The lowest BCUT2D eigenvalue weighted by Gasteiger charge is -2.33. The summed E-state index contributed by atoms with van der Waals surface area (Å²) in [5.74, 6) is 1.38. The summed E-state index contributed by atoms with van der Waals surface area (Å²) >= 11 is 0. The number of aromatic nitrogens is 2. The van der Waals surface area contributed by atoms with Gasteiger partial charge in [-0.1, -0.05) is 18.2 Å². The Morgan fingerprint density at radius 1 is 1.05 bits per heavy atom. The summed E-state index contributed by atoms with van der Waals surface area (Å²) in [5.41, 5.74) is 3.84. The smallest absolute Gasteiger partial charge is 0.408 e. The van der Waals surface area contributed by atoms with Crippen molar-refractivity contribution in [2.75, 3.05) is 31.6 Å². The maximum Gasteiger partial charge on any atom is 0.408 e. The van der Waals surface area contributed by atoms with E-state index in [1.54, 1.807) is 32.7 Å². The van der Waals surface area contributed by atoms with Crippen LogP contribution in [0.3, 0.4) is 0 Å². The zero-order valence-corrected chi connectivity index (χ0v) is 22.7. The Morgan fingerprint density at radius 2 is 1.79 bits per heavy atom. The standard InChI is InChI=1S/C30H37N5O3/c1-30(2,3)38-29(37)33-20-28(36)34(4)21-22-6-5-7-25(18-22)26-8-9-27(32-19-26)35-16-12-24(13-17-35)23-10-14-31-15-11-23/h5-11,14-15,18-19,24H,12-13,16-17,20-21H2,1-4H3,(H,33,37). The molecule has 4 rings (SSSR count). The van der Waals surface area contributed by atoms with Gasteiger partial charge in [0.25, 0.3) is 0 Å². The Labute approximate surface area is 225 Å². The van der Waals surface area contributed by atoms with Gasteiger partial charge in [0.15, 0.2) is 0 Å². The fraction of sp³-hybridized carbons (Fsp3) is 0.400. The fourth-order valence-electron chi connectivity index (χ4n) is 4.63. The molecule has 1 N–H and O–H groups in total. The van der Waals surface area contributed by atoms with E-state index in [1.807, 2.05) is 36.8 Å². The highest BCUT2D eigenvalue weighted by molar-refractivity contribution is 5.82. The van der Waals surface area contributed by atoms with Crippen molar-refractivity contribution in [1.82, 2.24) is 20.2 Å². The highest BCUT2D eigenvalue weighted by Crippen LogP contribution is 2.30. The lowest BCUT2D eigenvalue weighted by Crippen LogP contribution is -2.40. The van der Waals surface area contributed by atoms with Gasteiger partial charge in [0, 0.05) is 50.8 Å². The third-order valence-electron chi connectivity index (χ3n) is 6.63. The first-order valence-electron chi connectivity index (χ1n) is 13.1. The molecule has 1 aliphatic heterocycles. The number of carbonyl (C=O) groups is 2. The SMILES string of the molecule is CN(Cc1cccc(-c2ccc(N3CCC(c4ccncc4)CC3)nc2)c1)C(=O)CNC(=O)OC(C)(C)C. The lowest BCUT2D eigenvalue weighted by atomic mass is 9.90. The summed E-state index contributed by atoms with van der Waals surface area (Å²) in [4.78, 5) is 37.2. The van der Waals surface area contributed by atoms with Gasteiger partial charge in [-0.15, -0.1) is 0 Å². The van der Waals surface area contributed by atoms with Crippen LogP contribution in [0.15, 0.2) is 67.1 Å². The van der Waals surface area contributed by atoms with Gasteiger partial charge in [0.1, 0.15) is 18.0 Å². The molecule has 2 amide bonds. The topological polar surface area (TPSA) is 87.7 Å². The second-order valence-electron chi connectivity index (χ2n) is 10.8. The third kappa shape index (κ3) is 7.54. The Morgan fingerprint density at radius 3 is 2.45 bits per heavy atom. The number of ether oxygens (including phenoxy) is 1. The second kappa shape index (κ2) is 12.1. The molecule has 38 heavy (non-hydrogen) atoms. The molecule has 8 nitrogen and oxygen atoms in total. The largest absolute Gasteiger partial charge is 0.444 e. The molecule has 1 fully saturated rings. The summed E-state index contributed by atoms with van der Waals surface area (Å²) in [6.07, 6.45) is 7.27. The number of anilines is 1. The second-order valence-corrected chi connectivity index (χ2v) is 10.8. The zero-order chi connectivity index (χ0) is 27.1. The number of nitrogens with zero attached hydrogens (tertiary/aromatic N) is 4. The summed E-state index contributed by atoms with van der Waals surface area (Å²) in [5, 5.41) is 2.52. The minimum Gasteiger partial charge on any atom is -0.444 e. The van der Waals surface area contributed by atoms with Crippen LogP contribution in [-0.4, -0.2) is 59.2 Å². The minimum atomic E-state index is -0.607. The highest BCUT2D eigenvalue weighted by Gasteiger charge is 2.21. The first-order valence-corrected chi connectivity index (χ1v) is 13.1. The number of likely N-dealkylation sites (N-methyl/N-ethyl adjacent to an activating group) is 1. The number of carbonyl (C=O) groups excluding carboxylic acids is 2. The van der Waals surface area contributed by atoms with Crippen molar-refractivity contribution in [2.24, 2.45) is 0 Å². The van der Waals surface area contributed by atoms with Crippen LogP contribution in [0.2, 0.25) is 0 Å². The normalized spacial score (nSPS) is 14.2. The first kappa shape index (κ1) is 27.1. The van der Waals surface area contributed by atoms with Gasteiger partial charge in [-0.05, 0) is 86.6 Å². The van der Waals surface area contributed by atoms with E-state index in [0.717, 1.165) is 48.4 Å². The van der Waals surface area contributed by atoms with Crippen molar-refractivity contribution in [1.29, 1.82) is 0 Å². The van der Waals surface area contributed by atoms with Crippen molar-refractivity contribution in [3.05, 3.63) is 78.2 Å². The number of benzene rings is 1. The van der Waals surface area contributed by atoms with E-state index in [-0.39, 0.29) is 12.5 Å². The van der Waals surface area contributed by atoms with Crippen molar-refractivity contribution in [2.45, 2.75) is 51.7 Å². The van der Waals surface area contributed by atoms with Crippen molar-refractivity contribution in [3.63, 3.8) is 0 Å². The number of hydrogen-bond donors (Lipinski definition) is 1. The van der Waals surface area contributed by atoms with Crippen LogP contribution in [0.1, 0.15) is 50.7 Å². The molecule has 0 radical (unpaired) electrons. The fourth-order valence-corrected chi connectivity index (χ4v) is 4.63. The van der Waals surface area contributed by atoms with Gasteiger partial charge in [-0.3, -0.25) is 9.78 Å². The van der Waals surface area contributed by atoms with Gasteiger partial charge in [-0.2, -0.15) is 0 Å². The zero-order valence-electron chi connectivity index (χ0n) is 22.7. The van der Waals surface area contributed by atoms with Gasteiger partial charge in [-0.25, -0.2) is 9.78 Å². The summed E-state index contributed by atoms with van der Waals surface area (Å²) in [6, 6.07) is 16.5. The molecule has 3 heterocycles. The number of pyridine rings is 2. The molecular weight excluding hydrogens is 478 g/mol. The van der Waals surface area contributed by atoms with Crippen LogP contribution < -0.4 is 10.2 Å². The first-order chi connectivity index (χ1) is 18.2. The van der Waals surface area contributed by atoms with Crippen molar-refractivity contribution >= 4 is 17.8 Å². The van der Waals surface area contributed by atoms with E-state index < -0.39 is 11.7 Å². The Bertz CT molecular complexity index is 1220. The number of rotatable bonds is 7. The predicted molar refractivity (Wildman–Crippen MR) is 149 cm³/mol. The van der Waals surface area contributed by atoms with E-state index in [4.69, 9.17) is 9.72 Å². The average Bonchev–Trinajstić information content (AvgIpc) is 2.91. The molecule has 3 aromatic rings. The number of hydrogen-bond acceptors (Lipinski definition) is 6. The maximum absolute atomic E-state index is 12.5. The number of amides is 2. The van der Waals surface area contributed by atoms with Crippen LogP contribution >= 0.6 is 0 Å². The molecule has 8 heteroatoms. The number of alkyl carbamates (subject to hydrolysis) is 1. The molecule has 0 spiro atoms. The monoisotopic (exact) mass is 515 g/mol. The summed E-state index contributed by atoms with van der Waals surface area (Å²) in [6.45, 7) is 7.63. The van der Waals surface area contributed by atoms with E-state index in [1.165, 1.54) is 5.56 Å². The van der Waals surface area contributed by atoms with E-state index in [9.17, 15) is 9.59 Å². The molecule has 0 aliphatic carbocycles. The molecule has 0 unspecified atom stereocenters. The van der Waals surface area contributed by atoms with E-state index in [0.29, 0.717) is 12.5 Å². The highest BCUT2D eigenvalue weighted by atomic mass is 16.6. The predicted octanol–water partition coefficient (Wildman–Crippen LogP) is 5.01. The molecular formula is C30H37N5O3. The van der Waals surface area contributed by atoms with E-state index in [2.05, 4.69) is 45.5 Å². The van der Waals surface area contributed by atoms with Crippen LogP contribution in [0.5, 0.6) is 0 Å². The molecule has 1 aromatic carbocycles. The molecule has 0 saturated carbocycles. The van der Waals surface area contributed by atoms with Crippen molar-refractivity contribution < 1.29 is 14.3 Å². The third-order valence-corrected chi connectivity index (χ3v) is 6.63. The Balaban J connectivity index is 1.31. The quantitative estimate of drug-likeness (QED) is 0.476. The molecule has 200 valence electrons. The molecule has 0 bridgehead atoms. The Hall–Kier alpha value is -3.94. The van der Waals surface area contributed by atoms with Gasteiger partial charge < -0.3 is 19.9 Å². The van der Waals surface area contributed by atoms with E-state index >= 15 is 0 Å². The van der Waals surface area contributed by atoms with Crippen LogP contribution in [0.25, 0.3) is 11.1 Å². The lowest BCUT2D eigenvalue weighted by molar-refractivity contribution is -0.129. The number of piperidine rings is 1. The molecule has 2 aromatic heterocycles. The summed E-state index contributed by atoms with van der Waals surface area (Å²) in [7, 11) is 1.72.